The van der Waals surface area contributed by atoms with E-state index in [1.807, 2.05) is 18.2 Å². The number of nitrogens with one attached hydrogen (secondary N) is 1. The molecule has 2 aromatic carbocycles. The summed E-state index contributed by atoms with van der Waals surface area (Å²) in [6.07, 6.45) is 1.31. The maximum atomic E-state index is 13.8. The van der Waals surface area contributed by atoms with Crippen molar-refractivity contribution in [3.63, 3.8) is 0 Å². The SMILES string of the molecule is O=C(Cn1cnc2cc(-c3ccc(Cl)cc3)sc2c1=O)Nc1ccc(Cl)cc1F. The molecule has 2 heterocycles. The lowest BCUT2D eigenvalue weighted by Gasteiger charge is -2.08. The highest BCUT2D eigenvalue weighted by atomic mass is 35.5. The van der Waals surface area contributed by atoms with Crippen molar-refractivity contribution in [2.75, 3.05) is 5.32 Å². The van der Waals surface area contributed by atoms with E-state index in [0.717, 1.165) is 16.5 Å². The second-order valence-corrected chi connectivity index (χ2v) is 8.11. The minimum Gasteiger partial charge on any atom is -0.322 e. The Morgan fingerprint density at radius 3 is 2.55 bits per heavy atom. The van der Waals surface area contributed by atoms with Crippen molar-refractivity contribution in [2.24, 2.45) is 0 Å². The van der Waals surface area contributed by atoms with Gasteiger partial charge in [-0.25, -0.2) is 9.37 Å². The maximum absolute atomic E-state index is 13.8. The number of halogens is 3. The summed E-state index contributed by atoms with van der Waals surface area (Å²) < 4.78 is 15.5. The first-order valence-electron chi connectivity index (χ1n) is 8.40. The van der Waals surface area contributed by atoms with Crippen molar-refractivity contribution >= 4 is 56.3 Å². The van der Waals surface area contributed by atoms with E-state index in [2.05, 4.69) is 10.3 Å². The smallest absolute Gasteiger partial charge is 0.271 e. The lowest BCUT2D eigenvalue weighted by Crippen LogP contribution is -2.27. The number of carbonyl (C=O) groups is 1. The van der Waals surface area contributed by atoms with E-state index in [4.69, 9.17) is 23.2 Å². The molecule has 5 nitrogen and oxygen atoms in total. The number of rotatable bonds is 4. The zero-order valence-corrected chi connectivity index (χ0v) is 17.0. The van der Waals surface area contributed by atoms with E-state index in [9.17, 15) is 14.0 Å². The zero-order chi connectivity index (χ0) is 20.5. The molecule has 1 N–H and O–H groups in total. The quantitative estimate of drug-likeness (QED) is 0.466. The topological polar surface area (TPSA) is 64.0 Å². The van der Waals surface area contributed by atoms with Crippen LogP contribution >= 0.6 is 34.5 Å². The Morgan fingerprint density at radius 1 is 1.10 bits per heavy atom. The van der Waals surface area contributed by atoms with Crippen LogP contribution in [0.25, 0.3) is 20.7 Å². The molecule has 0 saturated heterocycles. The molecule has 0 fully saturated rings. The highest BCUT2D eigenvalue weighted by Gasteiger charge is 2.14. The summed E-state index contributed by atoms with van der Waals surface area (Å²) in [5.41, 5.74) is 1.11. The molecule has 0 atom stereocenters. The summed E-state index contributed by atoms with van der Waals surface area (Å²) in [5, 5.41) is 3.27. The minimum absolute atomic E-state index is 0.0114. The molecule has 9 heteroatoms. The normalized spacial score (nSPS) is 11.0. The first kappa shape index (κ1) is 19.6. The van der Waals surface area contributed by atoms with E-state index in [0.29, 0.717) is 15.2 Å². The van der Waals surface area contributed by atoms with Gasteiger partial charge in [-0.2, -0.15) is 0 Å². The molecule has 0 aliphatic heterocycles. The third-order valence-electron chi connectivity index (χ3n) is 4.15. The van der Waals surface area contributed by atoms with Gasteiger partial charge in [0, 0.05) is 14.9 Å². The number of fused-ring (bicyclic) bond motifs is 1. The van der Waals surface area contributed by atoms with Gasteiger partial charge >= 0.3 is 0 Å². The van der Waals surface area contributed by atoms with Crippen LogP contribution in [0.2, 0.25) is 10.0 Å². The predicted octanol–water partition coefficient (Wildman–Crippen LogP) is 5.21. The van der Waals surface area contributed by atoms with E-state index >= 15 is 0 Å². The molecule has 146 valence electrons. The summed E-state index contributed by atoms with van der Waals surface area (Å²) in [4.78, 5) is 30.2. The first-order chi connectivity index (χ1) is 13.9. The number of carbonyl (C=O) groups excluding carboxylic acids is 1. The molecule has 0 aliphatic carbocycles. The first-order valence-corrected chi connectivity index (χ1v) is 9.98. The average molecular weight is 448 g/mol. The van der Waals surface area contributed by atoms with Gasteiger partial charge in [0.2, 0.25) is 5.91 Å². The van der Waals surface area contributed by atoms with Crippen LogP contribution in [0.1, 0.15) is 0 Å². The molecule has 4 aromatic rings. The fourth-order valence-corrected chi connectivity index (χ4v) is 4.10. The summed E-state index contributed by atoms with van der Waals surface area (Å²) in [6.45, 7) is -0.294. The lowest BCUT2D eigenvalue weighted by molar-refractivity contribution is -0.116. The Labute approximate surface area is 178 Å². The molecule has 2 aromatic heterocycles. The van der Waals surface area contributed by atoms with Gasteiger partial charge in [-0.1, -0.05) is 35.3 Å². The van der Waals surface area contributed by atoms with Crippen LogP contribution in [0.5, 0.6) is 0 Å². The van der Waals surface area contributed by atoms with E-state index < -0.39 is 11.7 Å². The molecule has 0 aliphatic rings. The standard InChI is InChI=1S/C20H12Cl2FN3O2S/c21-12-3-1-11(2-4-12)17-8-16-19(29-17)20(28)26(10-24-16)9-18(27)25-15-6-5-13(22)7-14(15)23/h1-8,10H,9H2,(H,25,27). The largest absolute Gasteiger partial charge is 0.322 e. The highest BCUT2D eigenvalue weighted by Crippen LogP contribution is 2.31. The fraction of sp³-hybridized carbons (Fsp3) is 0.0500. The molecular formula is C20H12Cl2FN3O2S. The molecule has 0 spiro atoms. The van der Waals surface area contributed by atoms with Gasteiger partial charge in [0.1, 0.15) is 17.1 Å². The Balaban J connectivity index is 1.59. The molecule has 0 unspecified atom stereocenters. The number of aromatic nitrogens is 2. The van der Waals surface area contributed by atoms with Crippen molar-refractivity contribution in [1.82, 2.24) is 9.55 Å². The molecular weight excluding hydrogens is 436 g/mol. The van der Waals surface area contributed by atoms with E-state index in [1.54, 1.807) is 12.1 Å². The number of hydrogen-bond donors (Lipinski definition) is 1. The van der Waals surface area contributed by atoms with Crippen molar-refractivity contribution in [1.29, 1.82) is 0 Å². The highest BCUT2D eigenvalue weighted by molar-refractivity contribution is 7.22. The van der Waals surface area contributed by atoms with Gasteiger partial charge in [-0.05, 0) is 42.0 Å². The molecule has 0 radical (unpaired) electrons. The summed E-state index contributed by atoms with van der Waals surface area (Å²) >= 11 is 12.9. The Morgan fingerprint density at radius 2 is 1.83 bits per heavy atom. The van der Waals surface area contributed by atoms with Gasteiger partial charge in [0.15, 0.2) is 0 Å². The third kappa shape index (κ3) is 4.17. The van der Waals surface area contributed by atoms with Gasteiger partial charge in [0.05, 0.1) is 17.5 Å². The maximum Gasteiger partial charge on any atom is 0.271 e. The van der Waals surface area contributed by atoms with Crippen molar-refractivity contribution in [3.8, 4) is 10.4 Å². The predicted molar refractivity (Wildman–Crippen MR) is 114 cm³/mol. The van der Waals surface area contributed by atoms with Crippen LogP contribution in [0.4, 0.5) is 10.1 Å². The molecule has 1 amide bonds. The number of thiophene rings is 1. The average Bonchev–Trinajstić information content (AvgIpc) is 3.12. The number of benzene rings is 2. The Kier molecular flexibility index (Phi) is 5.36. The van der Waals surface area contributed by atoms with Crippen molar-refractivity contribution < 1.29 is 9.18 Å². The molecule has 0 bridgehead atoms. The third-order valence-corrected chi connectivity index (χ3v) is 5.80. The van der Waals surface area contributed by atoms with Crippen molar-refractivity contribution in [2.45, 2.75) is 6.54 Å². The number of hydrogen-bond acceptors (Lipinski definition) is 4. The van der Waals surface area contributed by atoms with Gasteiger partial charge in [-0.3, -0.25) is 14.2 Å². The summed E-state index contributed by atoms with van der Waals surface area (Å²) in [7, 11) is 0. The molecule has 4 rings (SSSR count). The second-order valence-electron chi connectivity index (χ2n) is 6.18. The van der Waals surface area contributed by atoms with Crippen molar-refractivity contribution in [3.05, 3.63) is 81.1 Å². The second kappa shape index (κ2) is 7.94. The van der Waals surface area contributed by atoms with Gasteiger partial charge < -0.3 is 5.32 Å². The van der Waals surface area contributed by atoms with Gasteiger partial charge in [-0.15, -0.1) is 11.3 Å². The van der Waals surface area contributed by atoms with E-state index in [-0.39, 0.29) is 22.8 Å². The monoisotopic (exact) mass is 447 g/mol. The zero-order valence-electron chi connectivity index (χ0n) is 14.7. The summed E-state index contributed by atoms with van der Waals surface area (Å²) in [5.74, 6) is -1.21. The summed E-state index contributed by atoms with van der Waals surface area (Å²) in [6, 6.07) is 13.0. The van der Waals surface area contributed by atoms with Crippen LogP contribution < -0.4 is 10.9 Å². The lowest BCUT2D eigenvalue weighted by atomic mass is 10.2. The number of amides is 1. The van der Waals surface area contributed by atoms with Crippen LogP contribution in [0.3, 0.4) is 0 Å². The van der Waals surface area contributed by atoms with Crippen LogP contribution in [0.15, 0.2) is 59.7 Å². The van der Waals surface area contributed by atoms with Crippen LogP contribution in [0, 0.1) is 5.82 Å². The van der Waals surface area contributed by atoms with Gasteiger partial charge in [0.25, 0.3) is 5.56 Å². The molecule has 29 heavy (non-hydrogen) atoms. The van der Waals surface area contributed by atoms with E-state index in [1.165, 1.54) is 34.4 Å². The minimum atomic E-state index is -0.655. The number of nitrogens with zero attached hydrogens (tertiary/aromatic N) is 2. The van der Waals surface area contributed by atoms with Crippen LogP contribution in [-0.4, -0.2) is 15.5 Å². The number of anilines is 1. The van der Waals surface area contributed by atoms with Crippen LogP contribution in [-0.2, 0) is 11.3 Å². The molecule has 0 saturated carbocycles. The Bertz CT molecular complexity index is 1290. The fourth-order valence-electron chi connectivity index (χ4n) is 2.75. The Hall–Kier alpha value is -2.74.